The van der Waals surface area contributed by atoms with Crippen LogP contribution in [0, 0.1) is 13.8 Å². The van der Waals surface area contributed by atoms with E-state index in [0.717, 1.165) is 27.8 Å². The number of amides is 1. The number of anilines is 1. The van der Waals surface area contributed by atoms with Crippen molar-refractivity contribution in [1.29, 1.82) is 0 Å². The predicted octanol–water partition coefficient (Wildman–Crippen LogP) is 4.14. The number of likely N-dealkylation sites (N-methyl/N-ethyl adjacent to an activating group) is 1. The molecule has 1 amide bonds. The van der Waals surface area contributed by atoms with Crippen LogP contribution in [-0.4, -0.2) is 24.4 Å². The van der Waals surface area contributed by atoms with E-state index in [9.17, 15) is 4.79 Å². The van der Waals surface area contributed by atoms with E-state index in [-0.39, 0.29) is 5.91 Å². The minimum absolute atomic E-state index is 0.00770. The van der Waals surface area contributed by atoms with Gasteiger partial charge in [0.2, 0.25) is 5.91 Å². The van der Waals surface area contributed by atoms with Gasteiger partial charge in [0.1, 0.15) is 0 Å². The first-order chi connectivity index (χ1) is 10.4. The number of rotatable bonds is 5. The van der Waals surface area contributed by atoms with Gasteiger partial charge < -0.3 is 5.32 Å². The molecule has 0 fully saturated rings. The Hall–Kier alpha value is -1.65. The molecule has 0 radical (unpaired) electrons. The van der Waals surface area contributed by atoms with Crippen molar-refractivity contribution in [1.82, 2.24) is 4.90 Å². The summed E-state index contributed by atoms with van der Waals surface area (Å²) in [5.41, 5.74) is 4.30. The summed E-state index contributed by atoms with van der Waals surface area (Å²) in [4.78, 5) is 14.2. The number of hydrogen-bond donors (Lipinski definition) is 1. The van der Waals surface area contributed by atoms with E-state index in [4.69, 9.17) is 0 Å². The molecule has 0 saturated heterocycles. The molecule has 3 nitrogen and oxygen atoms in total. The molecule has 0 aromatic heterocycles. The molecular weight excluding hydrogens is 340 g/mol. The Bertz CT molecular complexity index is 653. The van der Waals surface area contributed by atoms with Gasteiger partial charge in [-0.1, -0.05) is 40.2 Å². The molecule has 116 valence electrons. The number of nitrogens with zero attached hydrogens (tertiary/aromatic N) is 1. The van der Waals surface area contributed by atoms with Crippen LogP contribution in [0.25, 0.3) is 0 Å². The van der Waals surface area contributed by atoms with Gasteiger partial charge in [-0.05, 0) is 55.8 Å². The van der Waals surface area contributed by atoms with Gasteiger partial charge in [-0.2, -0.15) is 0 Å². The van der Waals surface area contributed by atoms with E-state index < -0.39 is 0 Å². The lowest BCUT2D eigenvalue weighted by Crippen LogP contribution is -2.30. The Balaban J connectivity index is 1.91. The van der Waals surface area contributed by atoms with Gasteiger partial charge in [0.25, 0.3) is 0 Å². The molecule has 1 N–H and O–H groups in total. The Morgan fingerprint density at radius 2 is 1.82 bits per heavy atom. The average Bonchev–Trinajstić information content (AvgIpc) is 2.45. The Kier molecular flexibility index (Phi) is 5.75. The fourth-order valence-electron chi connectivity index (χ4n) is 2.26. The van der Waals surface area contributed by atoms with E-state index in [1.807, 2.05) is 56.1 Å². The van der Waals surface area contributed by atoms with Crippen LogP contribution in [0.5, 0.6) is 0 Å². The second kappa shape index (κ2) is 7.56. The van der Waals surface area contributed by atoms with Gasteiger partial charge >= 0.3 is 0 Å². The minimum atomic E-state index is 0.00770. The molecule has 0 bridgehead atoms. The van der Waals surface area contributed by atoms with Crippen molar-refractivity contribution < 1.29 is 4.79 Å². The fraction of sp³-hybridized carbons (Fsp3) is 0.278. The number of carbonyl (C=O) groups excluding carboxylic acids is 1. The van der Waals surface area contributed by atoms with Crippen LogP contribution in [0.3, 0.4) is 0 Å². The maximum Gasteiger partial charge on any atom is 0.238 e. The van der Waals surface area contributed by atoms with Crippen molar-refractivity contribution in [2.75, 3.05) is 18.9 Å². The molecule has 2 aromatic carbocycles. The van der Waals surface area contributed by atoms with Gasteiger partial charge in [0.15, 0.2) is 0 Å². The fourth-order valence-corrected chi connectivity index (χ4v) is 2.53. The van der Waals surface area contributed by atoms with E-state index in [0.29, 0.717) is 6.54 Å². The van der Waals surface area contributed by atoms with Crippen LogP contribution in [-0.2, 0) is 11.3 Å². The highest BCUT2D eigenvalue weighted by Crippen LogP contribution is 2.16. The number of carbonyl (C=O) groups is 1. The van der Waals surface area contributed by atoms with Crippen LogP contribution < -0.4 is 5.32 Å². The number of aryl methyl sites for hydroxylation is 2. The van der Waals surface area contributed by atoms with Crippen molar-refractivity contribution in [2.24, 2.45) is 0 Å². The summed E-state index contributed by atoms with van der Waals surface area (Å²) in [5.74, 6) is 0.00770. The Labute approximate surface area is 140 Å². The molecule has 22 heavy (non-hydrogen) atoms. The number of hydrogen-bond acceptors (Lipinski definition) is 2. The second-order valence-corrected chi connectivity index (χ2v) is 6.58. The van der Waals surface area contributed by atoms with Gasteiger partial charge in [0, 0.05) is 16.7 Å². The van der Waals surface area contributed by atoms with E-state index in [1.54, 1.807) is 0 Å². The SMILES string of the molecule is Cc1ccc(C)c(NC(=O)CN(C)Cc2ccc(Br)cc2)c1. The third kappa shape index (κ3) is 4.97. The molecule has 0 aliphatic carbocycles. The lowest BCUT2D eigenvalue weighted by Gasteiger charge is -2.17. The van der Waals surface area contributed by atoms with Gasteiger partial charge in [0.05, 0.1) is 6.54 Å². The maximum atomic E-state index is 12.2. The van der Waals surface area contributed by atoms with Crippen molar-refractivity contribution in [2.45, 2.75) is 20.4 Å². The molecule has 0 aliphatic heterocycles. The van der Waals surface area contributed by atoms with Crippen molar-refractivity contribution in [3.63, 3.8) is 0 Å². The van der Waals surface area contributed by atoms with Crippen LogP contribution in [0.4, 0.5) is 5.69 Å². The summed E-state index contributed by atoms with van der Waals surface area (Å²) in [5, 5.41) is 2.99. The van der Waals surface area contributed by atoms with Crippen molar-refractivity contribution >= 4 is 27.5 Å². The summed E-state index contributed by atoms with van der Waals surface area (Å²) < 4.78 is 1.06. The van der Waals surface area contributed by atoms with E-state index in [1.165, 1.54) is 5.56 Å². The molecule has 2 aromatic rings. The monoisotopic (exact) mass is 360 g/mol. The third-order valence-corrected chi connectivity index (χ3v) is 3.98. The van der Waals surface area contributed by atoms with Crippen LogP contribution in [0.2, 0.25) is 0 Å². The largest absolute Gasteiger partial charge is 0.325 e. The van der Waals surface area contributed by atoms with Gasteiger partial charge in [-0.3, -0.25) is 9.69 Å². The smallest absolute Gasteiger partial charge is 0.238 e. The zero-order chi connectivity index (χ0) is 16.1. The van der Waals surface area contributed by atoms with Crippen LogP contribution in [0.15, 0.2) is 46.9 Å². The van der Waals surface area contributed by atoms with E-state index >= 15 is 0 Å². The normalized spacial score (nSPS) is 10.8. The first kappa shape index (κ1) is 16.7. The molecule has 0 saturated carbocycles. The predicted molar refractivity (Wildman–Crippen MR) is 95.0 cm³/mol. The molecule has 0 atom stereocenters. The summed E-state index contributed by atoms with van der Waals surface area (Å²) in [6, 6.07) is 14.2. The Morgan fingerprint density at radius 1 is 1.14 bits per heavy atom. The molecular formula is C18H21BrN2O. The third-order valence-electron chi connectivity index (χ3n) is 3.45. The highest BCUT2D eigenvalue weighted by molar-refractivity contribution is 9.10. The number of benzene rings is 2. The van der Waals surface area contributed by atoms with Crippen LogP contribution in [0.1, 0.15) is 16.7 Å². The van der Waals surface area contributed by atoms with Crippen molar-refractivity contribution in [3.8, 4) is 0 Å². The molecule has 2 rings (SSSR count). The summed E-state index contributed by atoms with van der Waals surface area (Å²) in [6.07, 6.45) is 0. The molecule has 0 unspecified atom stereocenters. The standard InChI is InChI=1S/C18H21BrN2O/c1-13-4-5-14(2)17(10-13)20-18(22)12-21(3)11-15-6-8-16(19)9-7-15/h4-10H,11-12H2,1-3H3,(H,20,22). The topological polar surface area (TPSA) is 32.3 Å². The maximum absolute atomic E-state index is 12.2. The van der Waals surface area contributed by atoms with Crippen LogP contribution >= 0.6 is 15.9 Å². The summed E-state index contributed by atoms with van der Waals surface area (Å²) >= 11 is 3.42. The highest BCUT2D eigenvalue weighted by Gasteiger charge is 2.09. The molecule has 4 heteroatoms. The zero-order valence-electron chi connectivity index (χ0n) is 13.2. The van der Waals surface area contributed by atoms with Gasteiger partial charge in [-0.25, -0.2) is 0 Å². The lowest BCUT2D eigenvalue weighted by molar-refractivity contribution is -0.117. The lowest BCUT2D eigenvalue weighted by atomic mass is 10.1. The van der Waals surface area contributed by atoms with Crippen molar-refractivity contribution in [3.05, 3.63) is 63.6 Å². The second-order valence-electron chi connectivity index (χ2n) is 5.67. The number of halogens is 1. The van der Waals surface area contributed by atoms with Gasteiger partial charge in [-0.15, -0.1) is 0 Å². The average molecular weight is 361 g/mol. The summed E-state index contributed by atoms with van der Waals surface area (Å²) in [6.45, 7) is 5.13. The molecule has 0 spiro atoms. The van der Waals surface area contributed by atoms with E-state index in [2.05, 4.69) is 33.4 Å². The quantitative estimate of drug-likeness (QED) is 0.868. The minimum Gasteiger partial charge on any atom is -0.325 e. The Morgan fingerprint density at radius 3 is 2.50 bits per heavy atom. The first-order valence-electron chi connectivity index (χ1n) is 7.24. The first-order valence-corrected chi connectivity index (χ1v) is 8.03. The zero-order valence-corrected chi connectivity index (χ0v) is 14.8. The summed E-state index contributed by atoms with van der Waals surface area (Å²) in [7, 11) is 1.95. The highest BCUT2D eigenvalue weighted by atomic mass is 79.9. The molecule has 0 heterocycles. The number of nitrogens with one attached hydrogen (secondary N) is 1. The molecule has 0 aliphatic rings.